The summed E-state index contributed by atoms with van der Waals surface area (Å²) < 4.78 is 9.48. The van der Waals surface area contributed by atoms with Crippen LogP contribution in [0, 0.1) is 27.7 Å². The minimum absolute atomic E-state index is 0.137. The summed E-state index contributed by atoms with van der Waals surface area (Å²) in [7, 11) is 0. The molecule has 6 aromatic heterocycles. The number of aromatic nitrogens is 6. The van der Waals surface area contributed by atoms with Crippen molar-refractivity contribution >= 4 is 96.1 Å². The fraction of sp³-hybridized carbons (Fsp3) is 0.203. The van der Waals surface area contributed by atoms with Gasteiger partial charge in [-0.1, -0.05) is 35.3 Å². The van der Waals surface area contributed by atoms with E-state index in [0.29, 0.717) is 53.0 Å². The Morgan fingerprint density at radius 1 is 0.600 bits per heavy atom. The number of anilines is 2. The lowest BCUT2D eigenvalue weighted by molar-refractivity contribution is 0.0635. The zero-order valence-electron chi connectivity index (χ0n) is 42.7. The monoisotopic (exact) mass is 1040 g/mol. The highest BCUT2D eigenvalue weighted by atomic mass is 35.5. The van der Waals surface area contributed by atoms with E-state index in [1.54, 1.807) is 37.2 Å². The number of carbonyl (C=O) groups excluding carboxylic acids is 3. The summed E-state index contributed by atoms with van der Waals surface area (Å²) >= 11 is 12.3. The number of nitrogens with one attached hydrogen (secondary N) is 3. The smallest absolute Gasteiger partial charge is 0.412 e. The van der Waals surface area contributed by atoms with Crippen LogP contribution in [0.1, 0.15) is 86.0 Å². The predicted molar refractivity (Wildman–Crippen MR) is 300 cm³/mol. The van der Waals surface area contributed by atoms with Crippen molar-refractivity contribution in [3.05, 3.63) is 200 Å². The van der Waals surface area contributed by atoms with Gasteiger partial charge in [-0.3, -0.25) is 34.8 Å². The molecule has 0 unspecified atom stereocenters. The van der Waals surface area contributed by atoms with Gasteiger partial charge in [0.25, 0.3) is 11.8 Å². The number of pyridine rings is 4. The number of fused-ring (bicyclic) bond motifs is 4. The summed E-state index contributed by atoms with van der Waals surface area (Å²) in [6.45, 7) is 15.3. The summed E-state index contributed by atoms with van der Waals surface area (Å²) in [5.74, 6) is -0.326. The minimum Gasteiger partial charge on any atom is -0.444 e. The van der Waals surface area contributed by atoms with Crippen LogP contribution in [0.5, 0.6) is 0 Å². The molecule has 0 aliphatic rings. The SMILES string of the molecule is Cc1cc(N)cc(C)c1CNC(=O)c1cn(Cc2ccc3ncc(Cl)cc3c2)c2ccncc12.Cc1cc(NC(=O)OC(C)(C)C)cc(C)c1CNC(=O)c1cn(Cc2ccc3ncc(Cl)cc3c2)c2ccncc12. The molecule has 0 saturated heterocycles. The number of hydrogen-bond acceptors (Lipinski definition) is 9. The number of carbonyl (C=O) groups is 3. The Kier molecular flexibility index (Phi) is 14.9. The van der Waals surface area contributed by atoms with Gasteiger partial charge in [-0.15, -0.1) is 0 Å². The van der Waals surface area contributed by atoms with Crippen molar-refractivity contribution in [2.45, 2.75) is 80.2 Å². The standard InChI is InChI=1S/C32H32ClN5O3.C27H24ClN5O/c1-19-10-24(37-31(40)41-32(3,4)5)11-20(2)25(19)16-36-30(39)27-18-38(29-8-9-34-15-26(27)29)17-21-6-7-28-22(12-21)13-23(33)14-35-28;1-16-7-21(29)8-17(2)22(16)13-32-27(34)24-15-33(26-5-6-30-12-23(24)26)14-18-3-4-25-19(9-18)10-20(28)11-31-25/h6-15,18H,16-17H2,1-5H3,(H,36,39)(H,37,40);3-12,15H,13-14,29H2,1-2H3,(H,32,34). The van der Waals surface area contributed by atoms with E-state index in [-0.39, 0.29) is 11.8 Å². The molecule has 0 aliphatic carbocycles. The average molecular weight is 1040 g/mol. The van der Waals surface area contributed by atoms with Gasteiger partial charge >= 0.3 is 6.09 Å². The van der Waals surface area contributed by atoms with E-state index in [1.165, 1.54) is 0 Å². The number of aryl methyl sites for hydroxylation is 4. The Morgan fingerprint density at radius 3 is 1.48 bits per heavy atom. The quantitative estimate of drug-likeness (QED) is 0.0916. The van der Waals surface area contributed by atoms with Gasteiger partial charge in [-0.25, -0.2) is 4.79 Å². The molecule has 380 valence electrons. The number of benzene rings is 4. The Bertz CT molecular complexity index is 3800. The summed E-state index contributed by atoms with van der Waals surface area (Å²) in [4.78, 5) is 56.1. The normalized spacial score (nSPS) is 11.4. The van der Waals surface area contributed by atoms with Crippen LogP contribution >= 0.6 is 23.2 Å². The van der Waals surface area contributed by atoms with Gasteiger partial charge in [-0.2, -0.15) is 0 Å². The number of rotatable bonds is 11. The third-order valence-corrected chi connectivity index (χ3v) is 13.3. The summed E-state index contributed by atoms with van der Waals surface area (Å²) in [5.41, 5.74) is 19.7. The highest BCUT2D eigenvalue weighted by Crippen LogP contribution is 2.28. The van der Waals surface area contributed by atoms with Crippen molar-refractivity contribution in [2.24, 2.45) is 0 Å². The highest BCUT2D eigenvalue weighted by Gasteiger charge is 2.20. The maximum atomic E-state index is 13.4. The lowest BCUT2D eigenvalue weighted by Gasteiger charge is -2.20. The molecule has 0 radical (unpaired) electrons. The topological polar surface area (TPSA) is 184 Å². The lowest BCUT2D eigenvalue weighted by atomic mass is 10.0. The summed E-state index contributed by atoms with van der Waals surface area (Å²) in [5, 5.41) is 13.7. The van der Waals surface area contributed by atoms with E-state index in [2.05, 4.69) is 57.2 Å². The largest absolute Gasteiger partial charge is 0.444 e. The maximum absolute atomic E-state index is 13.4. The fourth-order valence-corrected chi connectivity index (χ4v) is 9.73. The Hall–Kier alpha value is -8.33. The van der Waals surface area contributed by atoms with Crippen molar-refractivity contribution < 1.29 is 19.1 Å². The van der Waals surface area contributed by atoms with E-state index in [9.17, 15) is 14.4 Å². The van der Waals surface area contributed by atoms with Crippen LogP contribution in [0.2, 0.25) is 10.0 Å². The van der Waals surface area contributed by atoms with E-state index in [1.807, 2.05) is 134 Å². The van der Waals surface area contributed by atoms with Crippen LogP contribution in [0.15, 0.2) is 135 Å². The van der Waals surface area contributed by atoms with Crippen molar-refractivity contribution in [2.75, 3.05) is 11.1 Å². The van der Waals surface area contributed by atoms with Crippen molar-refractivity contribution in [3.63, 3.8) is 0 Å². The molecular weight excluding hydrogens is 984 g/mol. The first kappa shape index (κ1) is 51.6. The molecule has 16 heteroatoms. The number of halogens is 2. The molecule has 3 amide bonds. The second-order valence-electron chi connectivity index (χ2n) is 19.7. The van der Waals surface area contributed by atoms with Gasteiger partial charge in [0.2, 0.25) is 0 Å². The number of nitrogens with two attached hydrogens (primary N) is 1. The lowest BCUT2D eigenvalue weighted by Crippen LogP contribution is -2.27. The predicted octanol–water partition coefficient (Wildman–Crippen LogP) is 12.6. The van der Waals surface area contributed by atoms with Crippen LogP contribution < -0.4 is 21.7 Å². The maximum Gasteiger partial charge on any atom is 0.412 e. The molecule has 6 heterocycles. The molecular formula is C59H56Cl2N10O4. The summed E-state index contributed by atoms with van der Waals surface area (Å²) in [6.07, 6.45) is 13.5. The van der Waals surface area contributed by atoms with Gasteiger partial charge in [0.05, 0.1) is 43.2 Å². The number of ether oxygens (including phenoxy) is 1. The van der Waals surface area contributed by atoms with Crippen molar-refractivity contribution in [1.82, 2.24) is 39.7 Å². The highest BCUT2D eigenvalue weighted by molar-refractivity contribution is 6.31. The van der Waals surface area contributed by atoms with Gasteiger partial charge in [0, 0.05) is 109 Å². The van der Waals surface area contributed by atoms with Crippen LogP contribution in [-0.4, -0.2) is 52.6 Å². The molecule has 5 N–H and O–H groups in total. The van der Waals surface area contributed by atoms with Gasteiger partial charge < -0.3 is 30.2 Å². The first-order valence-electron chi connectivity index (χ1n) is 24.3. The molecule has 75 heavy (non-hydrogen) atoms. The number of hydrogen-bond donors (Lipinski definition) is 4. The van der Waals surface area contributed by atoms with Crippen LogP contribution in [0.4, 0.5) is 16.2 Å². The van der Waals surface area contributed by atoms with E-state index < -0.39 is 11.7 Å². The second-order valence-corrected chi connectivity index (χ2v) is 20.6. The Morgan fingerprint density at radius 2 is 1.04 bits per heavy atom. The van der Waals surface area contributed by atoms with Gasteiger partial charge in [-0.05, 0) is 166 Å². The van der Waals surface area contributed by atoms with Crippen LogP contribution in [0.25, 0.3) is 43.6 Å². The molecule has 0 aliphatic heterocycles. The van der Waals surface area contributed by atoms with Crippen molar-refractivity contribution in [3.8, 4) is 0 Å². The minimum atomic E-state index is -0.585. The molecule has 10 aromatic rings. The number of amides is 3. The van der Waals surface area contributed by atoms with Gasteiger partial charge in [0.15, 0.2) is 0 Å². The van der Waals surface area contributed by atoms with E-state index in [4.69, 9.17) is 33.7 Å². The molecule has 0 saturated carbocycles. The van der Waals surface area contributed by atoms with E-state index in [0.717, 1.165) is 93.8 Å². The number of nitrogen functional groups attached to an aromatic ring is 1. The molecule has 10 rings (SSSR count). The molecule has 14 nitrogen and oxygen atoms in total. The molecule has 0 bridgehead atoms. The van der Waals surface area contributed by atoms with Gasteiger partial charge in [0.1, 0.15) is 5.60 Å². The fourth-order valence-electron chi connectivity index (χ4n) is 9.40. The molecule has 0 spiro atoms. The Balaban J connectivity index is 0.000000187. The number of nitrogens with zero attached hydrogens (tertiary/aromatic N) is 6. The molecule has 0 atom stereocenters. The molecule has 0 fully saturated rings. The third-order valence-electron chi connectivity index (χ3n) is 12.9. The second kappa shape index (κ2) is 21.6. The van der Waals surface area contributed by atoms with Crippen LogP contribution in [0.3, 0.4) is 0 Å². The van der Waals surface area contributed by atoms with Crippen LogP contribution in [-0.2, 0) is 30.9 Å². The zero-order valence-corrected chi connectivity index (χ0v) is 44.2. The average Bonchev–Trinajstić information content (AvgIpc) is 3.91. The first-order chi connectivity index (χ1) is 35.8. The Labute approximate surface area is 444 Å². The zero-order chi connectivity index (χ0) is 53.1. The summed E-state index contributed by atoms with van der Waals surface area (Å²) in [6, 6.07) is 27.4. The van der Waals surface area contributed by atoms with E-state index >= 15 is 0 Å². The third kappa shape index (κ3) is 12.0. The van der Waals surface area contributed by atoms with Crippen molar-refractivity contribution in [1.29, 1.82) is 0 Å². The first-order valence-corrected chi connectivity index (χ1v) is 25.1. The molecule has 4 aromatic carbocycles.